The number of halogens is 3. The number of nitrogens with zero attached hydrogens (tertiary/aromatic N) is 2. The number of carbonyl (C=O) groups is 2. The Kier molecular flexibility index (Phi) is 11.4. The molecule has 2 aromatic carbocycles. The second kappa shape index (κ2) is 14.3. The van der Waals surface area contributed by atoms with Gasteiger partial charge in [0.05, 0.1) is 23.4 Å². The quantitative estimate of drug-likeness (QED) is 0.239. The third kappa shape index (κ3) is 7.90. The molecule has 1 amide bonds. The largest absolute Gasteiger partial charge is 0.492 e. The summed E-state index contributed by atoms with van der Waals surface area (Å²) in [4.78, 5) is 32.8. The van der Waals surface area contributed by atoms with E-state index < -0.39 is 23.5 Å². The Bertz CT molecular complexity index is 1380. The minimum Gasteiger partial charge on any atom is -0.492 e. The summed E-state index contributed by atoms with van der Waals surface area (Å²) in [5.74, 6) is -1.27. The summed E-state index contributed by atoms with van der Waals surface area (Å²) in [5.41, 5.74) is 0.773. The maximum Gasteiger partial charge on any atom is 0.329 e. The van der Waals surface area contributed by atoms with Gasteiger partial charge in [0.15, 0.2) is 0 Å². The molecule has 4 rings (SSSR count). The van der Waals surface area contributed by atoms with Gasteiger partial charge in [-0.3, -0.25) is 4.79 Å². The number of carboxylic acid groups (broad SMARTS) is 1. The molecule has 0 saturated heterocycles. The molecule has 0 atom stereocenters. The third-order valence-corrected chi connectivity index (χ3v) is 7.72. The van der Waals surface area contributed by atoms with Crippen molar-refractivity contribution >= 4 is 47.5 Å². The van der Waals surface area contributed by atoms with Gasteiger partial charge in [0.2, 0.25) is 0 Å². The molecule has 0 aliphatic heterocycles. The fourth-order valence-electron chi connectivity index (χ4n) is 4.79. The first-order valence-electron chi connectivity index (χ1n) is 13.2. The van der Waals surface area contributed by atoms with E-state index in [9.17, 15) is 19.8 Å². The van der Waals surface area contributed by atoms with Crippen LogP contribution in [0.4, 0.5) is 0 Å². The first kappa shape index (κ1) is 32.6. The van der Waals surface area contributed by atoms with Crippen LogP contribution in [-0.2, 0) is 4.79 Å². The van der Waals surface area contributed by atoms with E-state index in [0.717, 1.165) is 13.0 Å². The fourth-order valence-corrected chi connectivity index (χ4v) is 5.20. The molecule has 0 bridgehead atoms. The number of carbonyl (C=O) groups excluding carboxylic acids is 1. The molecule has 1 heterocycles. The zero-order valence-electron chi connectivity index (χ0n) is 22.9. The molecule has 220 valence electrons. The molecular weight excluding hydrogens is 589 g/mol. The summed E-state index contributed by atoms with van der Waals surface area (Å²) in [6.45, 7) is 1.36. The minimum atomic E-state index is -1.50. The number of aromatic nitrogens is 1. The number of rotatable bonds is 10. The Hall–Kier alpha value is -2.88. The van der Waals surface area contributed by atoms with Crippen molar-refractivity contribution in [3.8, 4) is 28.1 Å². The van der Waals surface area contributed by atoms with Gasteiger partial charge in [0.1, 0.15) is 17.0 Å². The summed E-state index contributed by atoms with van der Waals surface area (Å²) >= 11 is 12.9. The summed E-state index contributed by atoms with van der Waals surface area (Å²) in [6.07, 6.45) is 1.02. The van der Waals surface area contributed by atoms with Gasteiger partial charge in [0.25, 0.3) is 5.91 Å². The van der Waals surface area contributed by atoms with E-state index in [2.05, 4.69) is 10.2 Å². The number of pyridine rings is 1. The van der Waals surface area contributed by atoms with Crippen molar-refractivity contribution in [3.05, 3.63) is 70.3 Å². The molecule has 1 aliphatic carbocycles. The monoisotopic (exact) mass is 621 g/mol. The van der Waals surface area contributed by atoms with Gasteiger partial charge in [0, 0.05) is 28.3 Å². The second-order valence-corrected chi connectivity index (χ2v) is 11.1. The number of amides is 1. The van der Waals surface area contributed by atoms with E-state index in [-0.39, 0.29) is 43.8 Å². The van der Waals surface area contributed by atoms with E-state index in [0.29, 0.717) is 44.8 Å². The molecule has 8 nitrogen and oxygen atoms in total. The van der Waals surface area contributed by atoms with E-state index in [1.165, 1.54) is 0 Å². The van der Waals surface area contributed by atoms with Gasteiger partial charge < -0.3 is 25.2 Å². The average molecular weight is 623 g/mol. The Morgan fingerprint density at radius 1 is 1.05 bits per heavy atom. The zero-order chi connectivity index (χ0) is 28.9. The summed E-state index contributed by atoms with van der Waals surface area (Å²) in [6, 6.07) is 15.9. The van der Waals surface area contributed by atoms with Crippen LogP contribution in [0.1, 0.15) is 42.6 Å². The number of aliphatic hydroxyl groups is 1. The maximum atomic E-state index is 13.8. The van der Waals surface area contributed by atoms with Crippen LogP contribution in [0.3, 0.4) is 0 Å². The summed E-state index contributed by atoms with van der Waals surface area (Å²) in [7, 11) is 3.99. The van der Waals surface area contributed by atoms with E-state index >= 15 is 0 Å². The van der Waals surface area contributed by atoms with E-state index in [1.54, 1.807) is 54.6 Å². The van der Waals surface area contributed by atoms with Crippen LogP contribution in [0.25, 0.3) is 22.4 Å². The smallest absolute Gasteiger partial charge is 0.329 e. The molecule has 0 spiro atoms. The lowest BCUT2D eigenvalue weighted by molar-refractivity contribution is -0.146. The predicted molar refractivity (Wildman–Crippen MR) is 163 cm³/mol. The minimum absolute atomic E-state index is 0. The van der Waals surface area contributed by atoms with Gasteiger partial charge >= 0.3 is 5.97 Å². The first-order valence-corrected chi connectivity index (χ1v) is 13.9. The SMILES string of the molecule is CN(C)CCCOc1cc(-c2ccc(-c3ccccc3Cl)c(C(=O)NC3(C(=O)O)CCC(O)CC3)n2)ccc1Cl.Cl. The second-order valence-electron chi connectivity index (χ2n) is 10.3. The van der Waals surface area contributed by atoms with Gasteiger partial charge in [-0.15, -0.1) is 12.4 Å². The molecule has 0 unspecified atom stereocenters. The van der Waals surface area contributed by atoms with E-state index in [4.69, 9.17) is 32.9 Å². The highest BCUT2D eigenvalue weighted by atomic mass is 35.5. The van der Waals surface area contributed by atoms with E-state index in [1.807, 2.05) is 14.1 Å². The Labute approximate surface area is 256 Å². The molecule has 3 N–H and O–H groups in total. The highest BCUT2D eigenvalue weighted by Gasteiger charge is 2.43. The van der Waals surface area contributed by atoms with Crippen LogP contribution >= 0.6 is 35.6 Å². The fraction of sp³-hybridized carbons (Fsp3) is 0.367. The van der Waals surface area contributed by atoms with Crippen LogP contribution in [0.5, 0.6) is 5.75 Å². The summed E-state index contributed by atoms with van der Waals surface area (Å²) in [5, 5.41) is 23.6. The van der Waals surface area contributed by atoms with Crippen molar-refractivity contribution in [1.29, 1.82) is 0 Å². The average Bonchev–Trinajstić information content (AvgIpc) is 2.93. The molecule has 3 aromatic rings. The molecular formula is C30H34Cl3N3O5. The number of aliphatic carboxylic acids is 1. The number of hydrogen-bond acceptors (Lipinski definition) is 6. The topological polar surface area (TPSA) is 112 Å². The molecule has 1 aromatic heterocycles. The highest BCUT2D eigenvalue weighted by molar-refractivity contribution is 6.33. The third-order valence-electron chi connectivity index (χ3n) is 7.08. The van der Waals surface area contributed by atoms with Crippen LogP contribution in [0.15, 0.2) is 54.6 Å². The van der Waals surface area contributed by atoms with Crippen molar-refractivity contribution in [2.24, 2.45) is 0 Å². The standard InChI is InChI=1S/C30H33Cl2N3O5.ClH/c1-35(2)16-5-17-40-26-18-19(8-10-24(26)32)25-11-9-22(21-6-3-4-7-23(21)31)27(33-25)28(37)34-30(29(38)39)14-12-20(36)13-15-30;/h3-4,6-11,18,20,36H,5,12-17H2,1-2H3,(H,34,37)(H,38,39);1H. The van der Waals surface area contributed by atoms with Crippen molar-refractivity contribution in [2.75, 3.05) is 27.2 Å². The lowest BCUT2D eigenvalue weighted by Crippen LogP contribution is -2.57. The molecule has 1 aliphatic rings. The molecule has 1 saturated carbocycles. The first-order chi connectivity index (χ1) is 19.1. The predicted octanol–water partition coefficient (Wildman–Crippen LogP) is 5.96. The number of hydrogen-bond donors (Lipinski definition) is 3. The number of carboxylic acids is 1. The van der Waals surface area contributed by atoms with Crippen molar-refractivity contribution in [2.45, 2.75) is 43.7 Å². The number of aliphatic hydroxyl groups excluding tert-OH is 1. The number of nitrogens with one attached hydrogen (secondary N) is 1. The molecule has 1 fully saturated rings. The molecule has 41 heavy (non-hydrogen) atoms. The van der Waals surface area contributed by atoms with Crippen LogP contribution in [0.2, 0.25) is 10.0 Å². The lowest BCUT2D eigenvalue weighted by atomic mass is 9.80. The van der Waals surface area contributed by atoms with Gasteiger partial charge in [-0.1, -0.05) is 47.5 Å². The zero-order valence-corrected chi connectivity index (χ0v) is 25.2. The molecule has 0 radical (unpaired) electrons. The number of ether oxygens (including phenoxy) is 1. The van der Waals surface area contributed by atoms with Crippen molar-refractivity contribution < 1.29 is 24.5 Å². The summed E-state index contributed by atoms with van der Waals surface area (Å²) < 4.78 is 5.92. The van der Waals surface area contributed by atoms with Crippen LogP contribution in [0, 0.1) is 0 Å². The van der Waals surface area contributed by atoms with Gasteiger partial charge in [-0.25, -0.2) is 9.78 Å². The Morgan fingerprint density at radius 3 is 2.41 bits per heavy atom. The normalized spacial score (nSPS) is 18.4. The number of benzene rings is 2. The Morgan fingerprint density at radius 2 is 1.76 bits per heavy atom. The van der Waals surface area contributed by atoms with Crippen LogP contribution in [-0.4, -0.2) is 70.9 Å². The van der Waals surface area contributed by atoms with Crippen molar-refractivity contribution in [3.63, 3.8) is 0 Å². The van der Waals surface area contributed by atoms with Crippen LogP contribution < -0.4 is 10.1 Å². The van der Waals surface area contributed by atoms with Crippen molar-refractivity contribution in [1.82, 2.24) is 15.2 Å². The highest BCUT2D eigenvalue weighted by Crippen LogP contribution is 2.35. The maximum absolute atomic E-state index is 13.8. The lowest BCUT2D eigenvalue weighted by Gasteiger charge is -2.35. The Balaban J connectivity index is 0.00000462. The van der Waals surface area contributed by atoms with Gasteiger partial charge in [-0.05, 0) is 76.5 Å². The van der Waals surface area contributed by atoms with Gasteiger partial charge in [-0.2, -0.15) is 0 Å². The molecule has 11 heteroatoms.